The molecule has 4 aromatic rings. The van der Waals surface area contributed by atoms with Crippen molar-refractivity contribution in [1.82, 2.24) is 0 Å². The van der Waals surface area contributed by atoms with Crippen molar-refractivity contribution in [3.8, 4) is 0 Å². The Morgan fingerprint density at radius 3 is 1.62 bits per heavy atom. The molecular weight excluding hydrogens is 1180 g/mol. The second-order valence-electron chi connectivity index (χ2n) is 19.8. The van der Waals surface area contributed by atoms with Crippen molar-refractivity contribution in [2.75, 3.05) is 90.3 Å². The van der Waals surface area contributed by atoms with Crippen LogP contribution in [0.3, 0.4) is 0 Å². The number of aliphatic carboxylic acids is 1. The number of rotatable bonds is 33. The van der Waals surface area contributed by atoms with Gasteiger partial charge in [0, 0.05) is 78.7 Å². The fraction of sp³-hybridized carbons (Fsp3) is 0.472. The van der Waals surface area contributed by atoms with E-state index in [1.54, 1.807) is 69.2 Å². The van der Waals surface area contributed by atoms with Crippen LogP contribution in [0.4, 0.5) is 11.4 Å². The number of fused-ring (bicyclic) bond motifs is 6. The molecule has 0 aliphatic carbocycles. The fourth-order valence-electron chi connectivity index (χ4n) is 10.6. The van der Waals surface area contributed by atoms with Crippen molar-refractivity contribution < 1.29 is 103 Å². The molecule has 2 aliphatic rings. The number of nitrogens with zero attached hydrogens (tertiary/aromatic N) is 2. The molecule has 2 aliphatic heterocycles. The van der Waals surface area contributed by atoms with Crippen LogP contribution < -0.4 is 4.90 Å². The number of carboxylic acids is 1. The predicted molar refractivity (Wildman–Crippen MR) is 293 cm³/mol. The Morgan fingerprint density at radius 1 is 0.598 bits per heavy atom. The fourth-order valence-corrected chi connectivity index (χ4v) is 13.8. The van der Waals surface area contributed by atoms with Gasteiger partial charge in [0.1, 0.15) is 47.0 Å². The average molecular weight is 1240 g/mol. The normalized spacial score (nSPS) is 18.5. The topological polar surface area (TPSA) is 376 Å². The summed E-state index contributed by atoms with van der Waals surface area (Å²) >= 11 is 0. The number of hydrogen-bond acceptors (Lipinski definition) is 22. The van der Waals surface area contributed by atoms with Gasteiger partial charge in [-0.2, -0.15) is 4.58 Å². The molecule has 2 heterocycles. The highest BCUT2D eigenvalue weighted by Crippen LogP contribution is 2.54. The third-order valence-electron chi connectivity index (χ3n) is 14.3. The number of hydrogen-bond donors (Lipinski definition) is 1. The molecule has 29 heteroatoms. The zero-order chi connectivity index (χ0) is 60.5. The maximum atomic E-state index is 12.8. The van der Waals surface area contributed by atoms with Gasteiger partial charge in [0.05, 0.1) is 88.0 Å². The van der Waals surface area contributed by atoms with Gasteiger partial charge in [-0.1, -0.05) is 24.3 Å². The lowest BCUT2D eigenvalue weighted by Crippen LogP contribution is -2.33. The van der Waals surface area contributed by atoms with Gasteiger partial charge in [-0.3, -0.25) is 4.79 Å². The van der Waals surface area contributed by atoms with E-state index < -0.39 is 92.7 Å². The average Bonchev–Trinajstić information content (AvgIpc) is 1.66. The SMILES string of the molecule is CCN1/C(=C/C=C/C=C/C2=[N+](CCCCCC(=O)O)c3ccc4c(S(=O)(=O)[O-])cc(S(=O)(=O)[O-])cc4c3C2(C)CCOCCOCCOCCOCCOC)C(C)(CCCS(=O)(=O)[O-])c2c1ccc1c(S(=O)(=O)[O-])cc(S(=O)(=O)[O-])cc21. The zero-order valence-electron chi connectivity index (χ0n) is 45.4. The van der Waals surface area contributed by atoms with E-state index in [0.717, 1.165) is 12.1 Å². The van der Waals surface area contributed by atoms with E-state index in [2.05, 4.69) is 0 Å². The molecule has 452 valence electrons. The molecule has 0 radical (unpaired) electrons. The smallest absolute Gasteiger partial charge is 0.303 e. The Kier molecular flexibility index (Phi) is 22.0. The van der Waals surface area contributed by atoms with Crippen molar-refractivity contribution in [1.29, 1.82) is 0 Å². The van der Waals surface area contributed by atoms with Gasteiger partial charge < -0.3 is 56.5 Å². The van der Waals surface area contributed by atoms with Gasteiger partial charge in [0.25, 0.3) is 0 Å². The van der Waals surface area contributed by atoms with E-state index in [1.165, 1.54) is 18.2 Å². The Balaban J connectivity index is 1.45. The van der Waals surface area contributed by atoms with Gasteiger partial charge >= 0.3 is 5.97 Å². The van der Waals surface area contributed by atoms with Crippen molar-refractivity contribution in [3.63, 3.8) is 0 Å². The Labute approximate surface area is 477 Å². The van der Waals surface area contributed by atoms with Crippen LogP contribution in [-0.4, -0.2) is 172 Å². The van der Waals surface area contributed by atoms with Crippen molar-refractivity contribution in [2.24, 2.45) is 0 Å². The summed E-state index contributed by atoms with van der Waals surface area (Å²) in [4.78, 5) is 9.34. The minimum absolute atomic E-state index is 0.0182. The summed E-state index contributed by atoms with van der Waals surface area (Å²) in [7, 11) is -24.7. The van der Waals surface area contributed by atoms with Crippen molar-refractivity contribution >= 4 is 95.2 Å². The van der Waals surface area contributed by atoms with Gasteiger partial charge in [0.15, 0.2) is 5.71 Å². The van der Waals surface area contributed by atoms with Crippen molar-refractivity contribution in [2.45, 2.75) is 96.1 Å². The second-order valence-corrected chi connectivity index (χ2v) is 26.8. The predicted octanol–water partition coefficient (Wildman–Crippen LogP) is 4.83. The summed E-state index contributed by atoms with van der Waals surface area (Å²) in [6.45, 7) is 8.13. The first kappa shape index (κ1) is 66.1. The second kappa shape index (κ2) is 27.3. The maximum Gasteiger partial charge on any atom is 0.303 e. The molecule has 0 saturated heterocycles. The van der Waals surface area contributed by atoms with Crippen molar-refractivity contribution in [3.05, 3.63) is 95.7 Å². The highest BCUT2D eigenvalue weighted by molar-refractivity contribution is 7.87. The first-order chi connectivity index (χ1) is 38.4. The van der Waals surface area contributed by atoms with E-state index in [0.29, 0.717) is 86.2 Å². The lowest BCUT2D eigenvalue weighted by Gasteiger charge is -2.30. The number of likely N-dealkylation sites (N-methyl/N-ethyl adjacent to an activating group) is 1. The maximum absolute atomic E-state index is 12.8. The molecule has 0 spiro atoms. The number of unbranched alkanes of at least 4 members (excludes halogenated alkanes) is 2. The van der Waals surface area contributed by atoms with Crippen LogP contribution in [0, 0.1) is 0 Å². The number of ether oxygens (including phenoxy) is 5. The van der Waals surface area contributed by atoms with Crippen LogP contribution in [-0.2, 0) is 89.9 Å². The lowest BCUT2D eigenvalue weighted by molar-refractivity contribution is -0.438. The lowest BCUT2D eigenvalue weighted by atomic mass is 9.75. The van der Waals surface area contributed by atoms with Crippen LogP contribution in [0.1, 0.15) is 76.8 Å². The van der Waals surface area contributed by atoms with Gasteiger partial charge in [-0.05, 0) is 117 Å². The van der Waals surface area contributed by atoms with Crippen LogP contribution in [0.2, 0.25) is 0 Å². The van der Waals surface area contributed by atoms with E-state index in [4.69, 9.17) is 23.7 Å². The van der Waals surface area contributed by atoms with Gasteiger partial charge in [0.2, 0.25) is 5.69 Å². The minimum Gasteiger partial charge on any atom is -0.748 e. The number of carbonyl (C=O) groups is 1. The summed E-state index contributed by atoms with van der Waals surface area (Å²) in [5.41, 5.74) is -0.120. The third kappa shape index (κ3) is 16.0. The number of carboxylic acid groups (broad SMARTS) is 1. The monoisotopic (exact) mass is 1240 g/mol. The summed E-state index contributed by atoms with van der Waals surface area (Å²) in [6.07, 6.45) is 9.15. The van der Waals surface area contributed by atoms with Gasteiger partial charge in [-0.15, -0.1) is 0 Å². The molecule has 0 aromatic heterocycles. The first-order valence-corrected chi connectivity index (χ1v) is 33.1. The minimum atomic E-state index is -5.39. The van der Waals surface area contributed by atoms with Crippen LogP contribution >= 0.6 is 0 Å². The summed E-state index contributed by atoms with van der Waals surface area (Å²) in [6, 6.07) is 8.72. The first-order valence-electron chi connectivity index (χ1n) is 25.9. The van der Waals surface area contributed by atoms with E-state index in [-0.39, 0.29) is 98.9 Å². The highest BCUT2D eigenvalue weighted by Gasteiger charge is 2.49. The number of anilines is 1. The molecule has 1 N–H and O–H groups in total. The van der Waals surface area contributed by atoms with Crippen LogP contribution in [0.5, 0.6) is 0 Å². The highest BCUT2D eigenvalue weighted by atomic mass is 32.2. The van der Waals surface area contributed by atoms with Crippen LogP contribution in [0.15, 0.2) is 104 Å². The molecule has 2 unspecified atom stereocenters. The number of benzene rings is 4. The summed E-state index contributed by atoms with van der Waals surface area (Å²) in [5.74, 6) is -1.80. The molecule has 0 fully saturated rings. The zero-order valence-corrected chi connectivity index (χ0v) is 49.5. The molecule has 2 atom stereocenters. The molecule has 6 rings (SSSR count). The molecule has 4 aromatic carbocycles. The van der Waals surface area contributed by atoms with E-state index >= 15 is 0 Å². The third-order valence-corrected chi connectivity index (χ3v) is 18.5. The number of allylic oxidation sites excluding steroid dienone is 6. The standard InChI is InChI=1S/C53H68N2O22S5/c1-5-54-43-18-16-39-41(33-37(79(61,62)63)35-45(39)81(67,68)69)50(43)52(2,20-12-32-78(58,59)60)47(54)13-8-6-9-14-48-53(3,21-23-74-26-27-76-30-31-77-29-28-75-25-24-73-4)51-42-34-38(80(64,65)66)36-46(82(70,71)72)40(42)17-19-44(51)55(48)22-11-7-10-15-49(56)57/h6,8-9,13-14,16-19,33-36H,5,7,10-12,15,20-32H2,1-4H3,(H5-,56,57,58,59,60,61,62,63,64,65,66,67,68,69,70,71,72)/p-4. The Bertz CT molecular complexity index is 3750. The Morgan fingerprint density at radius 2 is 1.12 bits per heavy atom. The van der Waals surface area contributed by atoms with E-state index in [1.807, 2.05) is 4.58 Å². The molecule has 82 heavy (non-hydrogen) atoms. The molecule has 0 amide bonds. The molecule has 0 bridgehead atoms. The van der Waals surface area contributed by atoms with E-state index in [9.17, 15) is 74.8 Å². The Hall–Kier alpha value is -5.09. The quantitative estimate of drug-likeness (QED) is 0.0289. The molecule has 0 saturated carbocycles. The largest absolute Gasteiger partial charge is 0.748 e. The van der Waals surface area contributed by atoms with Gasteiger partial charge in [-0.25, -0.2) is 42.1 Å². The molecular formula is C53H64N2O22S5-4. The van der Waals surface area contributed by atoms with Crippen LogP contribution in [0.25, 0.3) is 21.5 Å². The summed E-state index contributed by atoms with van der Waals surface area (Å²) < 4.78 is 216. The molecule has 24 nitrogen and oxygen atoms in total. The number of methoxy groups -OCH3 is 1. The summed E-state index contributed by atoms with van der Waals surface area (Å²) in [5, 5.41) is 8.89.